The normalized spacial score (nSPS) is 12.4. The second-order valence-corrected chi connectivity index (χ2v) is 5.48. The van der Waals surface area contributed by atoms with Gasteiger partial charge in [0.15, 0.2) is 0 Å². The van der Waals surface area contributed by atoms with Crippen LogP contribution in [0.5, 0.6) is 0 Å². The first-order chi connectivity index (χ1) is 10.3. The highest BCUT2D eigenvalue weighted by Crippen LogP contribution is 2.23. The average molecular weight is 275 g/mol. The lowest BCUT2D eigenvalue weighted by molar-refractivity contribution is 0.580. The van der Waals surface area contributed by atoms with E-state index in [4.69, 9.17) is 0 Å². The van der Waals surface area contributed by atoms with Crippen LogP contribution in [0.25, 0.3) is 10.8 Å². The molecule has 0 saturated heterocycles. The van der Waals surface area contributed by atoms with Gasteiger partial charge in [-0.25, -0.2) is 0 Å². The van der Waals surface area contributed by atoms with Crippen LogP contribution in [-0.2, 0) is 6.42 Å². The fourth-order valence-corrected chi connectivity index (χ4v) is 2.82. The van der Waals surface area contributed by atoms with Crippen LogP contribution in [-0.4, -0.2) is 6.54 Å². The number of rotatable bonds is 5. The molecule has 1 N–H and O–H groups in total. The lowest BCUT2D eigenvalue weighted by atomic mass is 9.99. The highest BCUT2D eigenvalue weighted by molar-refractivity contribution is 5.86. The van der Waals surface area contributed by atoms with Gasteiger partial charge in [-0.05, 0) is 41.8 Å². The molecule has 1 heteroatoms. The molecular formula is C20H21N. The summed E-state index contributed by atoms with van der Waals surface area (Å²) in [7, 11) is 0. The summed E-state index contributed by atoms with van der Waals surface area (Å²) < 4.78 is 0. The predicted molar refractivity (Wildman–Crippen MR) is 90.5 cm³/mol. The summed E-state index contributed by atoms with van der Waals surface area (Å²) in [5, 5.41) is 6.30. The second-order valence-electron chi connectivity index (χ2n) is 5.48. The van der Waals surface area contributed by atoms with Gasteiger partial charge < -0.3 is 5.32 Å². The van der Waals surface area contributed by atoms with Crippen molar-refractivity contribution in [3.05, 3.63) is 83.9 Å². The van der Waals surface area contributed by atoms with Crippen LogP contribution < -0.4 is 5.32 Å². The smallest absolute Gasteiger partial charge is 0.0298 e. The zero-order chi connectivity index (χ0) is 14.5. The summed E-state index contributed by atoms with van der Waals surface area (Å²) in [6, 6.07) is 26.1. The van der Waals surface area contributed by atoms with Gasteiger partial charge in [0.2, 0.25) is 0 Å². The molecule has 21 heavy (non-hydrogen) atoms. The zero-order valence-electron chi connectivity index (χ0n) is 12.4. The Kier molecular flexibility index (Phi) is 4.32. The van der Waals surface area contributed by atoms with E-state index in [1.54, 1.807) is 0 Å². The highest BCUT2D eigenvalue weighted by atomic mass is 14.9. The van der Waals surface area contributed by atoms with Crippen LogP contribution in [0.2, 0.25) is 0 Å². The van der Waals surface area contributed by atoms with E-state index in [0.717, 1.165) is 13.0 Å². The molecule has 0 fully saturated rings. The van der Waals surface area contributed by atoms with Crippen LogP contribution in [0, 0.1) is 0 Å². The Bertz CT molecular complexity index is 698. The summed E-state index contributed by atoms with van der Waals surface area (Å²) in [6.45, 7) is 3.24. The zero-order valence-corrected chi connectivity index (χ0v) is 12.4. The van der Waals surface area contributed by atoms with Crippen molar-refractivity contribution >= 4 is 10.8 Å². The highest BCUT2D eigenvalue weighted by Gasteiger charge is 2.08. The summed E-state index contributed by atoms with van der Waals surface area (Å²) in [5.41, 5.74) is 2.76. The maximum Gasteiger partial charge on any atom is 0.0298 e. The monoisotopic (exact) mass is 275 g/mol. The molecule has 3 rings (SSSR count). The van der Waals surface area contributed by atoms with E-state index in [9.17, 15) is 0 Å². The lowest BCUT2D eigenvalue weighted by Crippen LogP contribution is -2.21. The summed E-state index contributed by atoms with van der Waals surface area (Å²) >= 11 is 0. The predicted octanol–water partition coefficient (Wildman–Crippen LogP) is 4.73. The third-order valence-corrected chi connectivity index (χ3v) is 4.00. The minimum Gasteiger partial charge on any atom is -0.310 e. The van der Waals surface area contributed by atoms with E-state index in [1.807, 2.05) is 0 Å². The van der Waals surface area contributed by atoms with Gasteiger partial charge in [-0.1, -0.05) is 72.8 Å². The third-order valence-electron chi connectivity index (χ3n) is 4.00. The molecule has 0 bridgehead atoms. The Hall–Kier alpha value is -2.12. The van der Waals surface area contributed by atoms with Crippen LogP contribution >= 0.6 is 0 Å². The first kappa shape index (κ1) is 13.8. The van der Waals surface area contributed by atoms with Gasteiger partial charge in [-0.15, -0.1) is 0 Å². The quantitative estimate of drug-likeness (QED) is 0.709. The molecule has 0 radical (unpaired) electrons. The van der Waals surface area contributed by atoms with Crippen LogP contribution in [0.1, 0.15) is 24.1 Å². The summed E-state index contributed by atoms with van der Waals surface area (Å²) in [5.74, 6) is 0. The standard InChI is InChI=1S/C20H21N/c1-16(21-15-14-17-8-3-2-4-9-17)19-13-7-11-18-10-5-6-12-20(18)19/h2-13,16,21H,14-15H2,1H3/t16-/m0/s1. The van der Waals surface area contributed by atoms with Gasteiger partial charge in [0.1, 0.15) is 0 Å². The lowest BCUT2D eigenvalue weighted by Gasteiger charge is -2.16. The molecule has 0 saturated carbocycles. The largest absolute Gasteiger partial charge is 0.310 e. The summed E-state index contributed by atoms with van der Waals surface area (Å²) in [4.78, 5) is 0. The van der Waals surface area contributed by atoms with Crippen molar-refractivity contribution < 1.29 is 0 Å². The molecule has 3 aromatic carbocycles. The Morgan fingerprint density at radius 3 is 2.38 bits per heavy atom. The van der Waals surface area contributed by atoms with Gasteiger partial charge in [0.05, 0.1) is 0 Å². The molecule has 0 aromatic heterocycles. The Balaban J connectivity index is 1.68. The van der Waals surface area contributed by atoms with E-state index in [-0.39, 0.29) is 0 Å². The number of benzene rings is 3. The van der Waals surface area contributed by atoms with Crippen molar-refractivity contribution in [1.29, 1.82) is 0 Å². The van der Waals surface area contributed by atoms with E-state index < -0.39 is 0 Å². The van der Waals surface area contributed by atoms with Gasteiger partial charge in [0, 0.05) is 6.04 Å². The number of fused-ring (bicyclic) bond motifs is 1. The molecule has 0 heterocycles. The van der Waals surface area contributed by atoms with Crippen molar-refractivity contribution in [3.8, 4) is 0 Å². The maximum atomic E-state index is 3.64. The average Bonchev–Trinajstić information content (AvgIpc) is 2.55. The number of hydrogen-bond acceptors (Lipinski definition) is 1. The van der Waals surface area contributed by atoms with Crippen molar-refractivity contribution in [1.82, 2.24) is 5.32 Å². The molecule has 0 aliphatic rings. The molecule has 0 aliphatic heterocycles. The molecule has 106 valence electrons. The fourth-order valence-electron chi connectivity index (χ4n) is 2.82. The first-order valence-electron chi connectivity index (χ1n) is 7.59. The topological polar surface area (TPSA) is 12.0 Å². The van der Waals surface area contributed by atoms with E-state index in [2.05, 4.69) is 85.0 Å². The van der Waals surface area contributed by atoms with Gasteiger partial charge in [0.25, 0.3) is 0 Å². The Morgan fingerprint density at radius 2 is 1.52 bits per heavy atom. The summed E-state index contributed by atoms with van der Waals surface area (Å²) in [6.07, 6.45) is 1.07. The van der Waals surface area contributed by atoms with Crippen LogP contribution in [0.3, 0.4) is 0 Å². The minimum atomic E-state index is 0.361. The van der Waals surface area contributed by atoms with Crippen molar-refractivity contribution in [2.45, 2.75) is 19.4 Å². The van der Waals surface area contributed by atoms with Crippen molar-refractivity contribution in [2.24, 2.45) is 0 Å². The van der Waals surface area contributed by atoms with Crippen molar-refractivity contribution in [3.63, 3.8) is 0 Å². The molecule has 0 aliphatic carbocycles. The SMILES string of the molecule is C[C@H](NCCc1ccccc1)c1cccc2ccccc12. The molecule has 1 nitrogen and oxygen atoms in total. The molecule has 0 unspecified atom stereocenters. The van der Waals surface area contributed by atoms with E-state index >= 15 is 0 Å². The molecule has 0 spiro atoms. The minimum absolute atomic E-state index is 0.361. The first-order valence-corrected chi connectivity index (χ1v) is 7.59. The van der Waals surface area contributed by atoms with Gasteiger partial charge in [-0.3, -0.25) is 0 Å². The van der Waals surface area contributed by atoms with Gasteiger partial charge in [-0.2, -0.15) is 0 Å². The third kappa shape index (κ3) is 3.32. The number of nitrogens with one attached hydrogen (secondary N) is 1. The molecule has 1 atom stereocenters. The van der Waals surface area contributed by atoms with Crippen molar-refractivity contribution in [2.75, 3.05) is 6.54 Å². The van der Waals surface area contributed by atoms with E-state index in [1.165, 1.54) is 21.9 Å². The molecule has 0 amide bonds. The second kappa shape index (κ2) is 6.55. The van der Waals surface area contributed by atoms with Crippen LogP contribution in [0.4, 0.5) is 0 Å². The molecule has 3 aromatic rings. The maximum absolute atomic E-state index is 3.64. The number of hydrogen-bond donors (Lipinski definition) is 1. The van der Waals surface area contributed by atoms with E-state index in [0.29, 0.717) is 6.04 Å². The van der Waals surface area contributed by atoms with Gasteiger partial charge >= 0.3 is 0 Å². The Labute approximate surface area is 126 Å². The van der Waals surface area contributed by atoms with Crippen LogP contribution in [0.15, 0.2) is 72.8 Å². The fraction of sp³-hybridized carbons (Fsp3) is 0.200. The molecular weight excluding hydrogens is 254 g/mol. The Morgan fingerprint density at radius 1 is 0.810 bits per heavy atom.